The molecule has 0 aliphatic heterocycles. The van der Waals surface area contributed by atoms with E-state index in [9.17, 15) is 4.79 Å². The van der Waals surface area contributed by atoms with Gasteiger partial charge in [0.1, 0.15) is 25.6 Å². The molecular formula is C29H25BrO5. The lowest BCUT2D eigenvalue weighted by molar-refractivity contribution is 0.0471. The number of carbonyl (C=O) groups is 1. The number of benzene rings is 4. The quantitative estimate of drug-likeness (QED) is 0.206. The second-order valence-corrected chi connectivity index (χ2v) is 8.51. The van der Waals surface area contributed by atoms with Crippen LogP contribution in [-0.2, 0) is 24.6 Å². The molecule has 0 unspecified atom stereocenters. The third kappa shape index (κ3) is 6.64. The Hall–Kier alpha value is -3.77. The minimum Gasteiger partial charge on any atom is -0.493 e. The van der Waals surface area contributed by atoms with E-state index in [-0.39, 0.29) is 6.61 Å². The summed E-state index contributed by atoms with van der Waals surface area (Å²) >= 11 is 3.59. The molecule has 0 radical (unpaired) electrons. The van der Waals surface area contributed by atoms with Crippen molar-refractivity contribution in [2.45, 2.75) is 19.8 Å². The topological polar surface area (TPSA) is 54.0 Å². The highest BCUT2D eigenvalue weighted by Crippen LogP contribution is 2.38. The third-order valence-electron chi connectivity index (χ3n) is 5.28. The molecule has 35 heavy (non-hydrogen) atoms. The molecule has 0 N–H and O–H groups in total. The molecule has 0 heterocycles. The largest absolute Gasteiger partial charge is 0.493 e. The first-order chi connectivity index (χ1) is 17.1. The Morgan fingerprint density at radius 2 is 1.31 bits per heavy atom. The van der Waals surface area contributed by atoms with E-state index in [2.05, 4.69) is 15.9 Å². The molecule has 4 aromatic carbocycles. The highest BCUT2D eigenvalue weighted by Gasteiger charge is 2.16. The molecule has 4 rings (SSSR count). The summed E-state index contributed by atoms with van der Waals surface area (Å²) in [5.74, 6) is 1.41. The van der Waals surface area contributed by atoms with Gasteiger partial charge >= 0.3 is 5.97 Å². The van der Waals surface area contributed by atoms with E-state index in [4.69, 9.17) is 18.9 Å². The Balaban J connectivity index is 1.36. The Morgan fingerprint density at radius 1 is 0.714 bits per heavy atom. The van der Waals surface area contributed by atoms with Crippen molar-refractivity contribution in [3.63, 3.8) is 0 Å². The van der Waals surface area contributed by atoms with E-state index in [1.54, 1.807) is 37.4 Å². The van der Waals surface area contributed by atoms with Crippen molar-refractivity contribution in [2.75, 3.05) is 7.11 Å². The Morgan fingerprint density at radius 3 is 1.91 bits per heavy atom. The summed E-state index contributed by atoms with van der Waals surface area (Å²) in [6, 6.07) is 30.3. The maximum absolute atomic E-state index is 12.6. The van der Waals surface area contributed by atoms with Crippen molar-refractivity contribution in [3.05, 3.63) is 124 Å². The van der Waals surface area contributed by atoms with Crippen LogP contribution in [0.3, 0.4) is 0 Å². The zero-order valence-corrected chi connectivity index (χ0v) is 20.9. The molecule has 6 heteroatoms. The molecule has 0 atom stereocenters. The molecule has 0 spiro atoms. The summed E-state index contributed by atoms with van der Waals surface area (Å²) in [6.45, 7) is 0.930. The molecular weight excluding hydrogens is 508 g/mol. The van der Waals surface area contributed by atoms with Crippen molar-refractivity contribution in [1.82, 2.24) is 0 Å². The molecule has 0 fully saturated rings. The first-order valence-electron chi connectivity index (χ1n) is 11.1. The lowest BCUT2D eigenvalue weighted by atomic mass is 10.2. The fourth-order valence-corrected chi connectivity index (χ4v) is 3.93. The number of halogens is 1. The van der Waals surface area contributed by atoms with E-state index < -0.39 is 5.97 Å². The fourth-order valence-electron chi connectivity index (χ4n) is 3.37. The molecule has 0 aliphatic carbocycles. The van der Waals surface area contributed by atoms with Gasteiger partial charge in [-0.2, -0.15) is 0 Å². The summed E-state index contributed by atoms with van der Waals surface area (Å²) in [4.78, 5) is 12.6. The van der Waals surface area contributed by atoms with Gasteiger partial charge in [0.2, 0.25) is 0 Å². The maximum atomic E-state index is 12.6. The normalized spacial score (nSPS) is 10.5. The SMILES string of the molecule is COc1ccc(COC(=O)c2ccc(OCc3ccccc3)cc2)c(Br)c1OCc1ccccc1. The van der Waals surface area contributed by atoms with E-state index >= 15 is 0 Å². The standard InChI is InChI=1S/C29H25BrO5/c1-32-26-17-14-24(27(30)28(26)34-19-22-10-6-3-7-11-22)20-35-29(31)23-12-15-25(16-13-23)33-18-21-8-4-2-5-9-21/h2-17H,18-20H2,1H3. The van der Waals surface area contributed by atoms with Crippen LogP contribution in [0.15, 0.2) is 102 Å². The predicted octanol–water partition coefficient (Wildman–Crippen LogP) is 6.97. The third-order valence-corrected chi connectivity index (χ3v) is 6.15. The predicted molar refractivity (Wildman–Crippen MR) is 138 cm³/mol. The monoisotopic (exact) mass is 532 g/mol. The van der Waals surface area contributed by atoms with Gasteiger partial charge in [0.25, 0.3) is 0 Å². The molecule has 0 bridgehead atoms. The summed E-state index contributed by atoms with van der Waals surface area (Å²) in [5.41, 5.74) is 3.33. The maximum Gasteiger partial charge on any atom is 0.338 e. The van der Waals surface area contributed by atoms with E-state index in [1.807, 2.05) is 66.7 Å². The fraction of sp³-hybridized carbons (Fsp3) is 0.138. The minimum absolute atomic E-state index is 0.0807. The van der Waals surface area contributed by atoms with Crippen molar-refractivity contribution in [3.8, 4) is 17.2 Å². The van der Waals surface area contributed by atoms with Gasteiger partial charge < -0.3 is 18.9 Å². The average molecular weight is 533 g/mol. The molecule has 178 valence electrons. The number of esters is 1. The van der Waals surface area contributed by atoms with Crippen LogP contribution in [0.4, 0.5) is 0 Å². The van der Waals surface area contributed by atoms with Gasteiger partial charge in [-0.1, -0.05) is 66.7 Å². The van der Waals surface area contributed by atoms with Crippen LogP contribution < -0.4 is 14.2 Å². The average Bonchev–Trinajstić information content (AvgIpc) is 2.91. The zero-order chi connectivity index (χ0) is 24.5. The van der Waals surface area contributed by atoms with Gasteiger partial charge in [-0.05, 0) is 57.4 Å². The Kier molecular flexibility index (Phi) is 8.41. The molecule has 0 aliphatic rings. The highest BCUT2D eigenvalue weighted by molar-refractivity contribution is 9.10. The van der Waals surface area contributed by atoms with Gasteiger partial charge in [-0.15, -0.1) is 0 Å². The minimum atomic E-state index is -0.422. The number of rotatable bonds is 10. The molecule has 5 nitrogen and oxygen atoms in total. The second kappa shape index (κ2) is 12.1. The van der Waals surface area contributed by atoms with E-state index in [0.29, 0.717) is 40.5 Å². The van der Waals surface area contributed by atoms with Crippen LogP contribution in [0.25, 0.3) is 0 Å². The first-order valence-corrected chi connectivity index (χ1v) is 11.9. The van der Waals surface area contributed by atoms with Crippen LogP contribution in [0.1, 0.15) is 27.0 Å². The number of carbonyl (C=O) groups excluding carboxylic acids is 1. The lowest BCUT2D eigenvalue weighted by Crippen LogP contribution is -2.07. The number of methoxy groups -OCH3 is 1. The molecule has 0 saturated heterocycles. The number of ether oxygens (including phenoxy) is 4. The summed E-state index contributed by atoms with van der Waals surface area (Å²) in [6.07, 6.45) is 0. The van der Waals surface area contributed by atoms with Crippen LogP contribution in [0, 0.1) is 0 Å². The van der Waals surface area contributed by atoms with Crippen LogP contribution >= 0.6 is 15.9 Å². The van der Waals surface area contributed by atoms with Gasteiger partial charge in [0.05, 0.1) is 17.1 Å². The number of hydrogen-bond acceptors (Lipinski definition) is 5. The summed E-state index contributed by atoms with van der Waals surface area (Å²) < 4.78 is 23.5. The summed E-state index contributed by atoms with van der Waals surface area (Å²) in [5, 5.41) is 0. The molecule has 0 saturated carbocycles. The van der Waals surface area contributed by atoms with Crippen molar-refractivity contribution < 1.29 is 23.7 Å². The number of hydrogen-bond donors (Lipinski definition) is 0. The van der Waals surface area contributed by atoms with E-state index in [0.717, 1.165) is 16.7 Å². The highest BCUT2D eigenvalue weighted by atomic mass is 79.9. The van der Waals surface area contributed by atoms with Gasteiger partial charge in [0.15, 0.2) is 11.5 Å². The Labute approximate surface area is 213 Å². The molecule has 4 aromatic rings. The summed E-state index contributed by atoms with van der Waals surface area (Å²) in [7, 11) is 1.59. The van der Waals surface area contributed by atoms with Crippen LogP contribution in [-0.4, -0.2) is 13.1 Å². The molecule has 0 aromatic heterocycles. The van der Waals surface area contributed by atoms with Gasteiger partial charge in [-0.25, -0.2) is 4.79 Å². The van der Waals surface area contributed by atoms with Crippen molar-refractivity contribution >= 4 is 21.9 Å². The van der Waals surface area contributed by atoms with Gasteiger partial charge in [0, 0.05) is 5.56 Å². The smallest absolute Gasteiger partial charge is 0.338 e. The van der Waals surface area contributed by atoms with Crippen LogP contribution in [0.5, 0.6) is 17.2 Å². The lowest BCUT2D eigenvalue weighted by Gasteiger charge is -2.15. The van der Waals surface area contributed by atoms with Crippen molar-refractivity contribution in [2.24, 2.45) is 0 Å². The Bertz CT molecular complexity index is 1240. The first kappa shape index (κ1) is 24.4. The zero-order valence-electron chi connectivity index (χ0n) is 19.3. The van der Waals surface area contributed by atoms with Crippen molar-refractivity contribution in [1.29, 1.82) is 0 Å². The van der Waals surface area contributed by atoms with Crippen LogP contribution in [0.2, 0.25) is 0 Å². The van der Waals surface area contributed by atoms with Gasteiger partial charge in [-0.3, -0.25) is 0 Å². The van der Waals surface area contributed by atoms with E-state index in [1.165, 1.54) is 0 Å². The molecule has 0 amide bonds. The second-order valence-electron chi connectivity index (χ2n) is 7.72.